The summed E-state index contributed by atoms with van der Waals surface area (Å²) in [5.74, 6) is 3.13. The Bertz CT molecular complexity index is 4030. The number of anilines is 5. The number of hydrogen-bond donors (Lipinski definition) is 1. The Labute approximate surface area is 475 Å². The summed E-state index contributed by atoms with van der Waals surface area (Å²) in [4.78, 5) is 25.5. The van der Waals surface area contributed by atoms with Gasteiger partial charge in [-0.1, -0.05) is 167 Å². The second kappa shape index (κ2) is 19.3. The summed E-state index contributed by atoms with van der Waals surface area (Å²) in [5, 5.41) is 3.69. The van der Waals surface area contributed by atoms with Crippen molar-refractivity contribution < 1.29 is 30.0 Å². The summed E-state index contributed by atoms with van der Waals surface area (Å²) >= 11 is 3.32. The molecule has 394 valence electrons. The maximum atomic E-state index is 12.2. The van der Waals surface area contributed by atoms with Gasteiger partial charge in [0.25, 0.3) is 0 Å². The third kappa shape index (κ3) is 7.70. The zero-order valence-electron chi connectivity index (χ0n) is 43.8. The summed E-state index contributed by atoms with van der Waals surface area (Å²) in [5.41, 5.74) is 22.3. The van der Waals surface area contributed by atoms with E-state index in [1.54, 1.807) is 6.07 Å². The Kier molecular flexibility index (Phi) is 12.2. The SMILES string of the molecule is C.Cc1ccc2c(c1)C1(c3cc(C)ccc3N2)c2ccccc2Oc2ccccc21.Cc1ccc2c(c1)C1(c3ccccc3Oc3ccccc31)c1cc(C)ccc1N2c1ccc2c(c1)COC2=O.O=C1OCc2cc(Br)ccc21.[HH]. The summed E-state index contributed by atoms with van der Waals surface area (Å²) in [7, 11) is 0. The Hall–Kier alpha value is -9.18. The molecule has 0 radical (unpaired) electrons. The number of nitrogens with one attached hydrogen (secondary N) is 1. The van der Waals surface area contributed by atoms with Crippen molar-refractivity contribution in [2.45, 2.75) is 59.2 Å². The third-order valence-corrected chi connectivity index (χ3v) is 16.7. The predicted molar refractivity (Wildman–Crippen MR) is 321 cm³/mol. The van der Waals surface area contributed by atoms with E-state index in [1.165, 1.54) is 55.6 Å². The highest BCUT2D eigenvalue weighted by Crippen LogP contribution is 2.64. The van der Waals surface area contributed by atoms with Crippen LogP contribution in [0.3, 0.4) is 0 Å². The van der Waals surface area contributed by atoms with Crippen LogP contribution in [0.1, 0.15) is 107 Å². The van der Waals surface area contributed by atoms with E-state index in [1.807, 2.05) is 36.4 Å². The van der Waals surface area contributed by atoms with Gasteiger partial charge in [-0.25, -0.2) is 9.59 Å². The third-order valence-electron chi connectivity index (χ3n) is 16.2. The molecule has 6 aliphatic rings. The molecule has 2 spiro atoms. The van der Waals surface area contributed by atoms with Gasteiger partial charge in [0.05, 0.1) is 33.3 Å². The van der Waals surface area contributed by atoms with Crippen LogP contribution < -0.4 is 19.7 Å². The number of carbonyl (C=O) groups excluding carboxylic acids is 2. The Morgan fingerprint density at radius 3 is 1.25 bits per heavy atom. The molecule has 0 unspecified atom stereocenters. The van der Waals surface area contributed by atoms with Gasteiger partial charge in [-0.15, -0.1) is 0 Å². The van der Waals surface area contributed by atoms with Crippen LogP contribution in [0.2, 0.25) is 0 Å². The van der Waals surface area contributed by atoms with E-state index in [2.05, 4.69) is 218 Å². The Balaban J connectivity index is 0.000000136. The van der Waals surface area contributed by atoms with Gasteiger partial charge in [0.1, 0.15) is 36.2 Å². The Morgan fingerprint density at radius 1 is 0.425 bits per heavy atom. The minimum Gasteiger partial charge on any atom is -0.457 e. The quantitative estimate of drug-likeness (QED) is 0.163. The molecule has 10 aromatic carbocycles. The lowest BCUT2D eigenvalue weighted by Gasteiger charge is -2.49. The fourth-order valence-electron chi connectivity index (χ4n) is 12.8. The highest BCUT2D eigenvalue weighted by atomic mass is 79.9. The number of rotatable bonds is 1. The summed E-state index contributed by atoms with van der Waals surface area (Å²) in [6, 6.07) is 72.2. The van der Waals surface area contributed by atoms with Crippen LogP contribution in [-0.2, 0) is 33.5 Å². The zero-order chi connectivity index (χ0) is 53.7. The standard InChI is InChI=1S/C35H25NO3.C27H21NO.C8H5BrO2.CH4.H2/c1-21-11-15-30-28(17-21)35(26-7-3-5-9-32(26)39-33-10-6-4-8-27(33)35)29-18-22(2)12-16-31(29)36(30)24-13-14-25-23(19-24)20-38-34(25)37;1-17-11-13-23-21(15-17)27(22-16-18(2)12-14-24(22)28-23)19-7-3-5-9-25(19)29-26-10-6-4-8-20(26)27;9-6-1-2-7-5(3-6)4-11-8(7)10;;/h3-19H,20H2,1-2H3;3-16,28H,1-2H3;1-3H,4H2;1H4;1H. The molecule has 9 heteroatoms. The van der Waals surface area contributed by atoms with Crippen molar-refractivity contribution in [2.75, 3.05) is 10.2 Å². The maximum absolute atomic E-state index is 12.2. The van der Waals surface area contributed by atoms with Crippen molar-refractivity contribution in [2.24, 2.45) is 0 Å². The zero-order valence-corrected chi connectivity index (χ0v) is 45.4. The minimum atomic E-state index is -0.569. The van der Waals surface area contributed by atoms with E-state index in [-0.39, 0.29) is 20.8 Å². The summed E-state index contributed by atoms with van der Waals surface area (Å²) in [6.07, 6.45) is 0. The monoisotopic (exact) mass is 1110 g/mol. The highest BCUT2D eigenvalue weighted by Gasteiger charge is 2.52. The highest BCUT2D eigenvalue weighted by molar-refractivity contribution is 9.10. The molecule has 80 heavy (non-hydrogen) atoms. The van der Waals surface area contributed by atoms with Crippen LogP contribution in [0.4, 0.5) is 28.4 Å². The molecule has 1 N–H and O–H groups in total. The molecule has 0 bridgehead atoms. The molecular weight excluding hydrogens is 1060 g/mol. The average Bonchev–Trinajstić information content (AvgIpc) is 3.78. The first-order chi connectivity index (χ1) is 38.5. The van der Waals surface area contributed by atoms with E-state index in [9.17, 15) is 9.59 Å². The predicted octanol–water partition coefficient (Wildman–Crippen LogP) is 18.1. The van der Waals surface area contributed by atoms with Gasteiger partial charge < -0.3 is 29.2 Å². The average molecular weight is 1110 g/mol. The molecular formula is C71H57BrN2O6. The number of aryl methyl sites for hydroxylation is 4. The van der Waals surface area contributed by atoms with E-state index in [0.29, 0.717) is 24.3 Å². The lowest BCUT2D eigenvalue weighted by molar-refractivity contribution is 0.0526. The van der Waals surface area contributed by atoms with Crippen molar-refractivity contribution in [3.8, 4) is 23.0 Å². The van der Waals surface area contributed by atoms with Crippen molar-refractivity contribution in [3.63, 3.8) is 0 Å². The molecule has 8 nitrogen and oxygen atoms in total. The molecule has 0 aromatic heterocycles. The number of fused-ring (bicyclic) bond motifs is 18. The first-order valence-corrected chi connectivity index (χ1v) is 27.3. The van der Waals surface area contributed by atoms with Gasteiger partial charge in [0.15, 0.2) is 0 Å². The van der Waals surface area contributed by atoms with Crippen molar-refractivity contribution >= 4 is 56.3 Å². The van der Waals surface area contributed by atoms with Gasteiger partial charge in [0.2, 0.25) is 0 Å². The van der Waals surface area contributed by atoms with Gasteiger partial charge in [0, 0.05) is 56.3 Å². The number of cyclic esters (lactones) is 2. The van der Waals surface area contributed by atoms with Crippen molar-refractivity contribution in [1.29, 1.82) is 0 Å². The van der Waals surface area contributed by atoms with Crippen molar-refractivity contribution in [1.82, 2.24) is 0 Å². The largest absolute Gasteiger partial charge is 0.457 e. The first kappa shape index (κ1) is 50.3. The molecule has 0 saturated heterocycles. The number of nitrogens with zero attached hydrogens (tertiary/aromatic N) is 1. The van der Waals surface area contributed by atoms with Crippen LogP contribution in [0.15, 0.2) is 211 Å². The molecule has 6 aliphatic heterocycles. The number of ether oxygens (including phenoxy) is 4. The number of esters is 2. The fourth-order valence-corrected chi connectivity index (χ4v) is 13.2. The van der Waals surface area contributed by atoms with Gasteiger partial charge in [-0.2, -0.15) is 0 Å². The molecule has 0 atom stereocenters. The number of para-hydroxylation sites is 4. The van der Waals surface area contributed by atoms with Gasteiger partial charge in [-0.05, 0) is 135 Å². The Morgan fingerprint density at radius 2 is 0.800 bits per heavy atom. The maximum Gasteiger partial charge on any atom is 0.338 e. The molecule has 0 aliphatic carbocycles. The molecule has 6 heterocycles. The number of benzene rings is 10. The van der Waals surface area contributed by atoms with Crippen LogP contribution >= 0.6 is 15.9 Å². The number of halogens is 1. The lowest BCUT2D eigenvalue weighted by Crippen LogP contribution is -2.40. The first-order valence-electron chi connectivity index (χ1n) is 26.5. The van der Waals surface area contributed by atoms with E-state index >= 15 is 0 Å². The van der Waals surface area contributed by atoms with E-state index in [0.717, 1.165) is 78.2 Å². The topological polar surface area (TPSA) is 86.3 Å². The van der Waals surface area contributed by atoms with Crippen molar-refractivity contribution in [3.05, 3.63) is 300 Å². The van der Waals surface area contributed by atoms with Crippen LogP contribution in [0.5, 0.6) is 23.0 Å². The van der Waals surface area contributed by atoms with Gasteiger partial charge >= 0.3 is 11.9 Å². The van der Waals surface area contributed by atoms with Crippen LogP contribution in [-0.4, -0.2) is 11.9 Å². The molecule has 0 amide bonds. The fraction of sp³-hybridized carbons (Fsp3) is 0.127. The minimum absolute atomic E-state index is 0. The lowest BCUT2D eigenvalue weighted by atomic mass is 9.61. The van der Waals surface area contributed by atoms with Gasteiger partial charge in [-0.3, -0.25) is 0 Å². The molecule has 10 aromatic rings. The second-order valence-electron chi connectivity index (χ2n) is 21.1. The number of hydrogen-bond acceptors (Lipinski definition) is 8. The second-order valence-corrected chi connectivity index (χ2v) is 22.0. The smallest absolute Gasteiger partial charge is 0.338 e. The normalized spacial score (nSPS) is 14.8. The van der Waals surface area contributed by atoms with E-state index in [4.69, 9.17) is 18.9 Å². The van der Waals surface area contributed by atoms with E-state index < -0.39 is 10.8 Å². The van der Waals surface area contributed by atoms with Crippen LogP contribution in [0.25, 0.3) is 0 Å². The van der Waals surface area contributed by atoms with Crippen LogP contribution in [0, 0.1) is 27.7 Å². The molecule has 0 fully saturated rings. The number of carbonyl (C=O) groups is 2. The summed E-state index contributed by atoms with van der Waals surface area (Å²) in [6.45, 7) is 9.35. The summed E-state index contributed by atoms with van der Waals surface area (Å²) < 4.78 is 24.0. The molecule has 16 rings (SSSR count). The molecule has 0 saturated carbocycles.